The number of allylic oxidation sites excluding steroid dienone is 2. The predicted octanol–water partition coefficient (Wildman–Crippen LogP) is -0.133. The number of hydrogen-bond donors (Lipinski definition) is 2. The monoisotopic (exact) mass is 418 g/mol. The van der Waals surface area contributed by atoms with Crippen molar-refractivity contribution in [3.63, 3.8) is 0 Å². The van der Waals surface area contributed by atoms with Gasteiger partial charge in [-0.1, -0.05) is 11.6 Å². The number of aliphatic hydroxyl groups excluding tert-OH is 1. The number of nitrogens with one attached hydrogen (secondary N) is 1. The van der Waals surface area contributed by atoms with Gasteiger partial charge in [-0.15, -0.1) is 0 Å². The molecule has 2 aromatic heterocycles. The van der Waals surface area contributed by atoms with Gasteiger partial charge in [0.25, 0.3) is 5.56 Å². The molecule has 164 valence electrons. The number of rotatable bonds is 6. The van der Waals surface area contributed by atoms with Crippen molar-refractivity contribution in [2.45, 2.75) is 45.7 Å². The standard InChI is InChI=1S/C20H30N6O4/c1-13(2)7-10-26-16-17(23(3)20(30)24(4)18(16)29)22-19(26)25-9-5-6-14(12-25)21-15(28)8-11-27/h7,14,27H,5-6,8-12H2,1-4H3,(H,21,28). The molecule has 0 radical (unpaired) electrons. The van der Waals surface area contributed by atoms with E-state index in [4.69, 9.17) is 5.11 Å². The summed E-state index contributed by atoms with van der Waals surface area (Å²) in [6, 6.07) is -0.0684. The molecule has 0 aliphatic carbocycles. The first-order valence-electron chi connectivity index (χ1n) is 10.2. The van der Waals surface area contributed by atoms with E-state index in [1.54, 1.807) is 7.05 Å². The highest BCUT2D eigenvalue weighted by Crippen LogP contribution is 2.23. The molecule has 3 heterocycles. The molecule has 2 N–H and O–H groups in total. The van der Waals surface area contributed by atoms with Crippen molar-refractivity contribution < 1.29 is 9.90 Å². The smallest absolute Gasteiger partial charge is 0.332 e. The van der Waals surface area contributed by atoms with Crippen LogP contribution in [0.25, 0.3) is 11.2 Å². The van der Waals surface area contributed by atoms with E-state index in [0.29, 0.717) is 30.2 Å². The summed E-state index contributed by atoms with van der Waals surface area (Å²) in [6.07, 6.45) is 3.78. The van der Waals surface area contributed by atoms with Crippen LogP contribution in [-0.4, -0.2) is 55.4 Å². The second-order valence-electron chi connectivity index (χ2n) is 8.01. The van der Waals surface area contributed by atoms with Crippen molar-refractivity contribution in [2.24, 2.45) is 14.1 Å². The van der Waals surface area contributed by atoms with Crippen LogP contribution in [0, 0.1) is 0 Å². The highest BCUT2D eigenvalue weighted by Gasteiger charge is 2.27. The van der Waals surface area contributed by atoms with Crippen molar-refractivity contribution in [3.8, 4) is 0 Å². The van der Waals surface area contributed by atoms with Crippen molar-refractivity contribution in [1.82, 2.24) is 24.0 Å². The van der Waals surface area contributed by atoms with Gasteiger partial charge in [0, 0.05) is 46.2 Å². The van der Waals surface area contributed by atoms with Crippen LogP contribution in [0.2, 0.25) is 0 Å². The molecule has 1 aliphatic heterocycles. The minimum absolute atomic E-state index is 0.0684. The van der Waals surface area contributed by atoms with Crippen molar-refractivity contribution in [2.75, 3.05) is 24.6 Å². The van der Waals surface area contributed by atoms with E-state index >= 15 is 0 Å². The van der Waals surface area contributed by atoms with Gasteiger partial charge < -0.3 is 19.9 Å². The van der Waals surface area contributed by atoms with E-state index < -0.39 is 5.69 Å². The Kier molecular flexibility index (Phi) is 6.45. The third-order valence-corrected chi connectivity index (χ3v) is 5.42. The molecule has 1 atom stereocenters. The number of aliphatic hydroxyl groups is 1. The van der Waals surface area contributed by atoms with Crippen LogP contribution in [0.4, 0.5) is 5.95 Å². The molecule has 0 saturated carbocycles. The number of imidazole rings is 1. The Morgan fingerprint density at radius 2 is 2.00 bits per heavy atom. The summed E-state index contributed by atoms with van der Waals surface area (Å²) in [6.45, 7) is 5.53. The lowest BCUT2D eigenvalue weighted by atomic mass is 10.1. The first kappa shape index (κ1) is 21.8. The number of piperidine rings is 1. The highest BCUT2D eigenvalue weighted by atomic mass is 16.3. The zero-order valence-electron chi connectivity index (χ0n) is 18.0. The molecule has 30 heavy (non-hydrogen) atoms. The number of carbonyl (C=O) groups is 1. The van der Waals surface area contributed by atoms with Crippen LogP contribution in [0.3, 0.4) is 0 Å². The minimum atomic E-state index is -0.418. The number of amides is 1. The summed E-state index contributed by atoms with van der Waals surface area (Å²) in [7, 11) is 3.08. The number of anilines is 1. The summed E-state index contributed by atoms with van der Waals surface area (Å²) in [5.41, 5.74) is 1.06. The highest BCUT2D eigenvalue weighted by molar-refractivity contribution is 5.77. The second-order valence-corrected chi connectivity index (χ2v) is 8.01. The van der Waals surface area contributed by atoms with Gasteiger partial charge in [0.15, 0.2) is 11.2 Å². The Morgan fingerprint density at radius 3 is 2.67 bits per heavy atom. The van der Waals surface area contributed by atoms with Crippen LogP contribution < -0.4 is 21.5 Å². The summed E-state index contributed by atoms with van der Waals surface area (Å²) >= 11 is 0. The molecule has 0 bridgehead atoms. The lowest BCUT2D eigenvalue weighted by Gasteiger charge is -2.34. The summed E-state index contributed by atoms with van der Waals surface area (Å²) in [5.74, 6) is 0.431. The third-order valence-electron chi connectivity index (χ3n) is 5.42. The van der Waals surface area contributed by atoms with Gasteiger partial charge in [0.05, 0.1) is 6.61 Å². The number of aromatic nitrogens is 4. The zero-order valence-corrected chi connectivity index (χ0v) is 18.0. The molecule has 1 amide bonds. The first-order chi connectivity index (χ1) is 14.2. The van der Waals surface area contributed by atoms with Crippen molar-refractivity contribution in [3.05, 3.63) is 32.5 Å². The van der Waals surface area contributed by atoms with Crippen LogP contribution >= 0.6 is 0 Å². The first-order valence-corrected chi connectivity index (χ1v) is 10.2. The van der Waals surface area contributed by atoms with Gasteiger partial charge in [-0.3, -0.25) is 18.7 Å². The Labute approximate surface area is 174 Å². The number of nitrogens with zero attached hydrogens (tertiary/aromatic N) is 5. The maximum Gasteiger partial charge on any atom is 0.332 e. The fourth-order valence-electron chi connectivity index (χ4n) is 3.80. The molecule has 1 fully saturated rings. The molecule has 1 unspecified atom stereocenters. The van der Waals surface area contributed by atoms with Gasteiger partial charge in [-0.2, -0.15) is 4.98 Å². The summed E-state index contributed by atoms with van der Waals surface area (Å²) in [5, 5.41) is 11.9. The quantitative estimate of drug-likeness (QED) is 0.632. The van der Waals surface area contributed by atoms with Gasteiger partial charge in [0.2, 0.25) is 11.9 Å². The maximum absolute atomic E-state index is 12.9. The summed E-state index contributed by atoms with van der Waals surface area (Å²) < 4.78 is 4.34. The van der Waals surface area contributed by atoms with E-state index in [1.165, 1.54) is 11.6 Å². The van der Waals surface area contributed by atoms with Gasteiger partial charge in [-0.25, -0.2) is 4.79 Å². The van der Waals surface area contributed by atoms with Crippen LogP contribution in [-0.2, 0) is 25.4 Å². The van der Waals surface area contributed by atoms with E-state index in [2.05, 4.69) is 15.2 Å². The molecule has 0 aromatic carbocycles. The van der Waals surface area contributed by atoms with Gasteiger partial charge >= 0.3 is 5.69 Å². The normalized spacial score (nSPS) is 16.7. The molecular formula is C20H30N6O4. The van der Waals surface area contributed by atoms with E-state index in [0.717, 1.165) is 29.5 Å². The molecule has 2 aromatic rings. The van der Waals surface area contributed by atoms with Crippen LogP contribution in [0.1, 0.15) is 33.1 Å². The lowest BCUT2D eigenvalue weighted by Crippen LogP contribution is -2.48. The van der Waals surface area contributed by atoms with Gasteiger partial charge in [-0.05, 0) is 26.7 Å². The Balaban J connectivity index is 2.07. The zero-order chi connectivity index (χ0) is 22.0. The number of hydrogen-bond acceptors (Lipinski definition) is 6. The van der Waals surface area contributed by atoms with E-state index in [-0.39, 0.29) is 30.5 Å². The molecule has 0 spiro atoms. The molecule has 1 aliphatic rings. The number of aryl methyl sites for hydroxylation is 1. The molecule has 10 nitrogen and oxygen atoms in total. The van der Waals surface area contributed by atoms with E-state index in [9.17, 15) is 14.4 Å². The number of carbonyl (C=O) groups excluding carboxylic acids is 1. The SMILES string of the molecule is CC(C)=CCn1c(N2CCCC(NC(=O)CCO)C2)nc2c1c(=O)n(C)c(=O)n2C. The van der Waals surface area contributed by atoms with Crippen LogP contribution in [0.5, 0.6) is 0 Å². The summed E-state index contributed by atoms with van der Waals surface area (Å²) in [4.78, 5) is 43.9. The van der Waals surface area contributed by atoms with Crippen molar-refractivity contribution in [1.29, 1.82) is 0 Å². The Hall–Kier alpha value is -2.88. The predicted molar refractivity (Wildman–Crippen MR) is 115 cm³/mol. The molecular weight excluding hydrogens is 388 g/mol. The Morgan fingerprint density at radius 1 is 1.27 bits per heavy atom. The van der Waals surface area contributed by atoms with E-state index in [1.807, 2.05) is 24.5 Å². The third kappa shape index (κ3) is 4.18. The Bertz CT molecular complexity index is 1090. The van der Waals surface area contributed by atoms with Gasteiger partial charge in [0.1, 0.15) is 0 Å². The second kappa shape index (κ2) is 8.86. The topological polar surface area (TPSA) is 114 Å². The fraction of sp³-hybridized carbons (Fsp3) is 0.600. The average Bonchev–Trinajstić information content (AvgIpc) is 3.09. The van der Waals surface area contributed by atoms with Crippen molar-refractivity contribution >= 4 is 23.0 Å². The lowest BCUT2D eigenvalue weighted by molar-refractivity contribution is -0.122. The van der Waals surface area contributed by atoms with Crippen LogP contribution in [0.15, 0.2) is 21.2 Å². The maximum atomic E-state index is 12.9. The molecule has 3 rings (SSSR count). The minimum Gasteiger partial charge on any atom is -0.396 e. The molecule has 1 saturated heterocycles. The average molecular weight is 418 g/mol. The fourth-order valence-corrected chi connectivity index (χ4v) is 3.80. The largest absolute Gasteiger partial charge is 0.396 e. The number of fused-ring (bicyclic) bond motifs is 1. The molecule has 10 heteroatoms.